The number of aryl methyl sites for hydroxylation is 1. The number of nitrogens with two attached hydrogens (primary N) is 1. The second-order valence-electron chi connectivity index (χ2n) is 7.45. The minimum absolute atomic E-state index is 0. The summed E-state index contributed by atoms with van der Waals surface area (Å²) in [4.78, 5) is 11.3. The number of aromatic nitrogens is 3. The highest BCUT2D eigenvalue weighted by atomic mass is 32.1. The third-order valence-electron chi connectivity index (χ3n) is 5.42. The molecule has 4 N–H and O–H groups in total. The van der Waals surface area contributed by atoms with Crippen LogP contribution >= 0.6 is 11.5 Å². The molecule has 2 aromatic rings. The average molecular weight is 422 g/mol. The maximum absolute atomic E-state index is 7.62. The van der Waals surface area contributed by atoms with Crippen LogP contribution in [0.2, 0.25) is 0 Å². The first kappa shape index (κ1) is 20.0. The highest BCUT2D eigenvalue weighted by molar-refractivity contribution is 7.10. The molecule has 0 atom stereocenters. The van der Waals surface area contributed by atoms with Gasteiger partial charge in [0.1, 0.15) is 22.5 Å². The Balaban J connectivity index is 0.00000171. The maximum Gasteiger partial charge on any atom is 0.243 e. The van der Waals surface area contributed by atoms with E-state index in [-0.39, 0.29) is 8.96 Å². The third-order valence-corrected chi connectivity index (χ3v) is 6.22. The fraction of sp³-hybridized carbons (Fsp3) is 0.579. The largest absolute Gasteiger partial charge is 0.473 e. The molecular formula is C19H31N7O2S. The van der Waals surface area contributed by atoms with Gasteiger partial charge in [0.25, 0.3) is 0 Å². The molecule has 0 amide bonds. The Morgan fingerprint density at radius 2 is 2.07 bits per heavy atom. The van der Waals surface area contributed by atoms with Gasteiger partial charge in [0.15, 0.2) is 0 Å². The summed E-state index contributed by atoms with van der Waals surface area (Å²) in [6.45, 7) is 5.62. The quantitative estimate of drug-likeness (QED) is 0.608. The molecule has 1 saturated heterocycles. The molecule has 0 unspecified atom stereocenters. The standard InChI is InChI=1S/C19H27N7O2S.2H2/c1-12-10-16(29-25-12)23-19-22-15(11-20)17(21)18(24-19)28-14-4-2-13(3-5-14)26-6-8-27-9-7-26;;/h10-11,13-14,20H,2-9,21H2,1H3,(H,22,23,24);2*1H. The minimum atomic E-state index is 0. The van der Waals surface area contributed by atoms with E-state index in [1.165, 1.54) is 11.5 Å². The number of hydrogen-bond donors (Lipinski definition) is 3. The molecule has 1 aliphatic heterocycles. The van der Waals surface area contributed by atoms with Gasteiger partial charge in [0, 0.05) is 28.2 Å². The predicted molar refractivity (Wildman–Crippen MR) is 118 cm³/mol. The Bertz CT molecular complexity index is 856. The smallest absolute Gasteiger partial charge is 0.243 e. The zero-order valence-corrected chi connectivity index (χ0v) is 17.4. The minimum Gasteiger partial charge on any atom is -0.473 e. The van der Waals surface area contributed by atoms with Crippen LogP contribution in [0.4, 0.5) is 16.6 Å². The van der Waals surface area contributed by atoms with Gasteiger partial charge in [-0.15, -0.1) is 0 Å². The first-order valence-corrected chi connectivity index (χ1v) is 10.8. The van der Waals surface area contributed by atoms with Crippen molar-refractivity contribution in [1.29, 1.82) is 5.41 Å². The van der Waals surface area contributed by atoms with Gasteiger partial charge < -0.3 is 25.9 Å². The van der Waals surface area contributed by atoms with Gasteiger partial charge in [-0.25, -0.2) is 4.98 Å². The van der Waals surface area contributed by atoms with Crippen LogP contribution in [0, 0.1) is 12.3 Å². The zero-order chi connectivity index (χ0) is 20.2. The highest BCUT2D eigenvalue weighted by Gasteiger charge is 2.28. The van der Waals surface area contributed by atoms with Crippen molar-refractivity contribution >= 4 is 34.4 Å². The normalized spacial score (nSPS) is 22.9. The van der Waals surface area contributed by atoms with Crippen LogP contribution in [-0.2, 0) is 4.74 Å². The highest BCUT2D eigenvalue weighted by Crippen LogP contribution is 2.31. The number of hydrogen-bond acceptors (Lipinski definition) is 10. The molecule has 2 aliphatic rings. The van der Waals surface area contributed by atoms with Crippen LogP contribution < -0.4 is 15.8 Å². The first-order chi connectivity index (χ1) is 14.1. The molecule has 3 heterocycles. The lowest BCUT2D eigenvalue weighted by Crippen LogP contribution is -2.46. The molecular weight excluding hydrogens is 390 g/mol. The Morgan fingerprint density at radius 1 is 1.31 bits per heavy atom. The number of nitrogens with one attached hydrogen (secondary N) is 2. The van der Waals surface area contributed by atoms with Crippen LogP contribution in [0.25, 0.3) is 0 Å². The molecule has 29 heavy (non-hydrogen) atoms. The molecule has 1 aliphatic carbocycles. The van der Waals surface area contributed by atoms with E-state index >= 15 is 0 Å². The topological polar surface area (TPSA) is 122 Å². The molecule has 10 heteroatoms. The predicted octanol–water partition coefficient (Wildman–Crippen LogP) is 3.08. The first-order valence-electron chi connectivity index (χ1n) is 9.99. The van der Waals surface area contributed by atoms with E-state index < -0.39 is 0 Å². The zero-order valence-electron chi connectivity index (χ0n) is 16.6. The Labute approximate surface area is 177 Å². The fourth-order valence-corrected chi connectivity index (χ4v) is 4.54. The van der Waals surface area contributed by atoms with Gasteiger partial charge in [-0.1, -0.05) is 0 Å². The second kappa shape index (κ2) is 9.02. The van der Waals surface area contributed by atoms with E-state index in [0.29, 0.717) is 29.3 Å². The molecule has 1 saturated carbocycles. The second-order valence-corrected chi connectivity index (χ2v) is 8.25. The van der Waals surface area contributed by atoms with Gasteiger partial charge in [-0.3, -0.25) is 4.90 Å². The van der Waals surface area contributed by atoms with Crippen molar-refractivity contribution in [1.82, 2.24) is 19.2 Å². The summed E-state index contributed by atoms with van der Waals surface area (Å²) in [7, 11) is 0. The van der Waals surface area contributed by atoms with Gasteiger partial charge in [0.05, 0.1) is 18.9 Å². The van der Waals surface area contributed by atoms with Crippen molar-refractivity contribution in [2.24, 2.45) is 0 Å². The molecule has 0 bridgehead atoms. The van der Waals surface area contributed by atoms with Crippen LogP contribution in [0.15, 0.2) is 6.07 Å². The summed E-state index contributed by atoms with van der Waals surface area (Å²) in [5, 5.41) is 11.6. The monoisotopic (exact) mass is 421 g/mol. The molecule has 9 nitrogen and oxygen atoms in total. The van der Waals surface area contributed by atoms with Gasteiger partial charge >= 0.3 is 0 Å². The Morgan fingerprint density at radius 3 is 2.72 bits per heavy atom. The number of anilines is 3. The average Bonchev–Trinajstić information content (AvgIpc) is 3.16. The Kier molecular flexibility index (Phi) is 6.22. The number of ether oxygens (including phenoxy) is 2. The van der Waals surface area contributed by atoms with E-state index in [0.717, 1.165) is 68.9 Å². The number of nitrogen functional groups attached to an aromatic ring is 1. The van der Waals surface area contributed by atoms with Gasteiger partial charge in [-0.2, -0.15) is 9.36 Å². The van der Waals surface area contributed by atoms with E-state index in [2.05, 4.69) is 24.6 Å². The van der Waals surface area contributed by atoms with Crippen LogP contribution in [0.3, 0.4) is 0 Å². The third kappa shape index (κ3) is 4.82. The molecule has 2 fully saturated rings. The Hall–Kier alpha value is -2.30. The molecule has 0 aromatic carbocycles. The van der Waals surface area contributed by atoms with E-state index in [1.807, 2.05) is 13.0 Å². The number of nitrogens with zero attached hydrogens (tertiary/aromatic N) is 4. The lowest BCUT2D eigenvalue weighted by molar-refractivity contribution is -0.00132. The summed E-state index contributed by atoms with van der Waals surface area (Å²) >= 11 is 1.33. The molecule has 4 rings (SSSR count). The summed E-state index contributed by atoms with van der Waals surface area (Å²) in [6.07, 6.45) is 5.31. The fourth-order valence-electron chi connectivity index (χ4n) is 3.88. The molecule has 2 aromatic heterocycles. The SMILES string of the molecule is Cc1cc(Nc2nc(C=N)c(N)c(OC3CCC(N4CCOCC4)CC3)n2)sn1.[HH].[HH]. The lowest BCUT2D eigenvalue weighted by Gasteiger charge is -2.38. The van der Waals surface area contributed by atoms with Crippen molar-refractivity contribution in [2.75, 3.05) is 37.4 Å². The maximum atomic E-state index is 7.62. The van der Waals surface area contributed by atoms with Gasteiger partial charge in [0.2, 0.25) is 11.8 Å². The molecule has 0 spiro atoms. The molecule has 160 valence electrons. The van der Waals surface area contributed by atoms with Crippen LogP contribution in [-0.4, -0.2) is 63.9 Å². The number of morpholine rings is 1. The van der Waals surface area contributed by atoms with Gasteiger partial charge in [-0.05, 0) is 50.2 Å². The van der Waals surface area contributed by atoms with Crippen molar-refractivity contribution in [2.45, 2.75) is 44.8 Å². The van der Waals surface area contributed by atoms with Crippen LogP contribution in [0.1, 0.15) is 39.9 Å². The summed E-state index contributed by atoms with van der Waals surface area (Å²) < 4.78 is 15.9. The lowest BCUT2D eigenvalue weighted by atomic mass is 9.91. The van der Waals surface area contributed by atoms with E-state index in [4.69, 9.17) is 20.6 Å². The number of rotatable bonds is 6. The van der Waals surface area contributed by atoms with Crippen molar-refractivity contribution in [3.63, 3.8) is 0 Å². The summed E-state index contributed by atoms with van der Waals surface area (Å²) in [6, 6.07) is 2.52. The molecule has 0 radical (unpaired) electrons. The summed E-state index contributed by atoms with van der Waals surface area (Å²) in [5.74, 6) is 0.704. The van der Waals surface area contributed by atoms with Crippen molar-refractivity contribution in [3.8, 4) is 5.88 Å². The summed E-state index contributed by atoms with van der Waals surface area (Å²) in [5.41, 5.74) is 7.74. The van der Waals surface area contributed by atoms with E-state index in [1.54, 1.807) is 0 Å². The van der Waals surface area contributed by atoms with Crippen molar-refractivity contribution in [3.05, 3.63) is 17.5 Å². The van der Waals surface area contributed by atoms with E-state index in [9.17, 15) is 0 Å². The van der Waals surface area contributed by atoms with Crippen LogP contribution in [0.5, 0.6) is 5.88 Å². The van der Waals surface area contributed by atoms with Crippen molar-refractivity contribution < 1.29 is 12.3 Å².